The SMILES string of the molecule is C=CCn1c(SCC(=O)Nc2sc(C(N)=O)c(C)c2C(=O)OCC)nnc1-c1ccncc1. The van der Waals surface area contributed by atoms with Crippen molar-refractivity contribution in [3.63, 3.8) is 0 Å². The first-order chi connectivity index (χ1) is 15.9. The van der Waals surface area contributed by atoms with Gasteiger partial charge < -0.3 is 15.8 Å². The van der Waals surface area contributed by atoms with Crippen LogP contribution in [0.4, 0.5) is 5.00 Å². The van der Waals surface area contributed by atoms with Gasteiger partial charge in [-0.1, -0.05) is 17.8 Å². The maximum absolute atomic E-state index is 12.7. The molecular formula is C21H22N6O4S2. The number of nitrogens with one attached hydrogen (secondary N) is 1. The highest BCUT2D eigenvalue weighted by molar-refractivity contribution is 7.99. The Morgan fingerprint density at radius 1 is 1.30 bits per heavy atom. The summed E-state index contributed by atoms with van der Waals surface area (Å²) >= 11 is 2.12. The number of thiophene rings is 1. The van der Waals surface area contributed by atoms with Gasteiger partial charge in [0.1, 0.15) is 5.00 Å². The van der Waals surface area contributed by atoms with E-state index in [1.165, 1.54) is 11.8 Å². The van der Waals surface area contributed by atoms with Crippen LogP contribution in [0.15, 0.2) is 42.3 Å². The van der Waals surface area contributed by atoms with Crippen LogP contribution >= 0.6 is 23.1 Å². The minimum Gasteiger partial charge on any atom is -0.462 e. The second-order valence-electron chi connectivity index (χ2n) is 6.62. The highest BCUT2D eigenvalue weighted by Gasteiger charge is 2.26. The first-order valence-corrected chi connectivity index (χ1v) is 11.6. The van der Waals surface area contributed by atoms with Crippen molar-refractivity contribution >= 4 is 45.9 Å². The van der Waals surface area contributed by atoms with E-state index in [0.717, 1.165) is 16.9 Å². The number of esters is 1. The minimum absolute atomic E-state index is 0.00323. The van der Waals surface area contributed by atoms with E-state index < -0.39 is 11.9 Å². The Balaban J connectivity index is 1.78. The molecule has 3 aromatic heterocycles. The predicted molar refractivity (Wildman–Crippen MR) is 126 cm³/mol. The van der Waals surface area contributed by atoms with Gasteiger partial charge in [-0.05, 0) is 31.5 Å². The monoisotopic (exact) mass is 486 g/mol. The number of carbonyl (C=O) groups is 3. The Labute approximate surface area is 198 Å². The van der Waals surface area contributed by atoms with Crippen molar-refractivity contribution in [1.29, 1.82) is 0 Å². The highest BCUT2D eigenvalue weighted by atomic mass is 32.2. The van der Waals surface area contributed by atoms with Crippen LogP contribution in [0.3, 0.4) is 0 Å². The first kappa shape index (κ1) is 24.1. The third kappa shape index (κ3) is 5.46. The lowest BCUT2D eigenvalue weighted by molar-refractivity contribution is -0.113. The molecule has 0 aliphatic heterocycles. The summed E-state index contributed by atoms with van der Waals surface area (Å²) in [6.07, 6.45) is 5.03. The number of nitrogens with two attached hydrogens (primary N) is 1. The molecule has 0 fully saturated rings. The largest absolute Gasteiger partial charge is 0.462 e. The van der Waals surface area contributed by atoms with E-state index in [-0.39, 0.29) is 33.7 Å². The molecule has 0 atom stereocenters. The molecule has 3 heterocycles. The van der Waals surface area contributed by atoms with Gasteiger partial charge in [-0.15, -0.1) is 28.1 Å². The fourth-order valence-corrected chi connectivity index (χ4v) is 4.79. The van der Waals surface area contributed by atoms with Crippen LogP contribution in [0, 0.1) is 6.92 Å². The van der Waals surface area contributed by atoms with Crippen LogP contribution in [0.25, 0.3) is 11.4 Å². The van der Waals surface area contributed by atoms with E-state index in [0.29, 0.717) is 23.1 Å². The van der Waals surface area contributed by atoms with E-state index in [2.05, 4.69) is 27.1 Å². The molecule has 33 heavy (non-hydrogen) atoms. The molecule has 0 radical (unpaired) electrons. The molecule has 0 aliphatic carbocycles. The van der Waals surface area contributed by atoms with Gasteiger partial charge in [-0.3, -0.25) is 19.1 Å². The standard InChI is InChI=1S/C21H22N6O4S2/c1-4-10-27-18(13-6-8-23-9-7-13)25-26-21(27)32-11-14(28)24-19-15(20(30)31-5-2)12(3)16(33-19)17(22)29/h4,6-9H,1,5,10-11H2,2-3H3,(H2,22,29)(H,24,28). The number of allylic oxidation sites excluding steroid dienone is 1. The zero-order valence-corrected chi connectivity index (χ0v) is 19.7. The maximum Gasteiger partial charge on any atom is 0.341 e. The Morgan fingerprint density at radius 2 is 2.03 bits per heavy atom. The Morgan fingerprint density at radius 3 is 2.67 bits per heavy atom. The zero-order valence-electron chi connectivity index (χ0n) is 18.0. The molecule has 3 aromatic rings. The topological polar surface area (TPSA) is 142 Å². The van der Waals surface area contributed by atoms with Crippen molar-refractivity contribution in [2.45, 2.75) is 25.5 Å². The van der Waals surface area contributed by atoms with Crippen LogP contribution in [0.1, 0.15) is 32.5 Å². The number of ether oxygens (including phenoxy) is 1. The van der Waals surface area contributed by atoms with Crippen molar-refractivity contribution in [3.05, 3.63) is 53.2 Å². The van der Waals surface area contributed by atoms with Gasteiger partial charge in [0.25, 0.3) is 5.91 Å². The number of hydrogen-bond donors (Lipinski definition) is 2. The van der Waals surface area contributed by atoms with Crippen molar-refractivity contribution in [2.75, 3.05) is 17.7 Å². The van der Waals surface area contributed by atoms with Crippen molar-refractivity contribution in [1.82, 2.24) is 19.7 Å². The summed E-state index contributed by atoms with van der Waals surface area (Å²) < 4.78 is 6.90. The summed E-state index contributed by atoms with van der Waals surface area (Å²) in [6, 6.07) is 3.63. The second-order valence-corrected chi connectivity index (χ2v) is 8.59. The second kappa shape index (κ2) is 10.9. The highest BCUT2D eigenvalue weighted by Crippen LogP contribution is 2.34. The molecule has 10 nitrogen and oxygen atoms in total. The number of primary amides is 1. The maximum atomic E-state index is 12.7. The van der Waals surface area contributed by atoms with Crippen LogP contribution in [0.5, 0.6) is 0 Å². The minimum atomic E-state index is -0.681. The van der Waals surface area contributed by atoms with Crippen LogP contribution in [0.2, 0.25) is 0 Å². The molecule has 0 aromatic carbocycles. The molecule has 12 heteroatoms. The lowest BCUT2D eigenvalue weighted by atomic mass is 10.1. The predicted octanol–water partition coefficient (Wildman–Crippen LogP) is 2.90. The van der Waals surface area contributed by atoms with Gasteiger partial charge in [0, 0.05) is 24.5 Å². The zero-order chi connectivity index (χ0) is 24.0. The number of rotatable bonds is 10. The number of nitrogens with zero attached hydrogens (tertiary/aromatic N) is 4. The fraction of sp³-hybridized carbons (Fsp3) is 0.238. The quantitative estimate of drug-likeness (QED) is 0.253. The number of hydrogen-bond acceptors (Lipinski definition) is 9. The average molecular weight is 487 g/mol. The lowest BCUT2D eigenvalue weighted by Gasteiger charge is -2.08. The molecule has 0 saturated carbocycles. The number of carbonyl (C=O) groups excluding carboxylic acids is 3. The number of aromatic nitrogens is 4. The van der Waals surface area contributed by atoms with Gasteiger partial charge >= 0.3 is 5.97 Å². The summed E-state index contributed by atoms with van der Waals surface area (Å²) in [6.45, 7) is 7.64. The van der Waals surface area contributed by atoms with E-state index >= 15 is 0 Å². The van der Waals surface area contributed by atoms with Gasteiger partial charge in [0.15, 0.2) is 11.0 Å². The van der Waals surface area contributed by atoms with Crippen molar-refractivity contribution in [2.24, 2.45) is 5.73 Å². The molecule has 0 bridgehead atoms. The van der Waals surface area contributed by atoms with E-state index in [1.54, 1.807) is 32.3 Å². The van der Waals surface area contributed by atoms with Gasteiger partial charge in [0.2, 0.25) is 5.91 Å². The molecule has 172 valence electrons. The Kier molecular flexibility index (Phi) is 7.96. The summed E-state index contributed by atoms with van der Waals surface area (Å²) in [5.41, 5.74) is 6.75. The summed E-state index contributed by atoms with van der Waals surface area (Å²) in [4.78, 5) is 41.0. The Bertz CT molecular complexity index is 1190. The van der Waals surface area contributed by atoms with E-state index in [1.807, 2.05) is 16.7 Å². The summed E-state index contributed by atoms with van der Waals surface area (Å²) in [5.74, 6) is -1.07. The first-order valence-electron chi connectivity index (χ1n) is 9.84. The molecule has 3 rings (SSSR count). The van der Waals surface area contributed by atoms with Crippen LogP contribution in [-0.2, 0) is 16.1 Å². The smallest absolute Gasteiger partial charge is 0.341 e. The number of anilines is 1. The van der Waals surface area contributed by atoms with E-state index in [4.69, 9.17) is 10.5 Å². The number of pyridine rings is 1. The van der Waals surface area contributed by atoms with Crippen LogP contribution in [-0.4, -0.2) is 49.9 Å². The lowest BCUT2D eigenvalue weighted by Crippen LogP contribution is -2.17. The van der Waals surface area contributed by atoms with Crippen molar-refractivity contribution < 1.29 is 19.1 Å². The molecule has 0 aliphatic rings. The third-order valence-electron chi connectivity index (χ3n) is 4.40. The van der Waals surface area contributed by atoms with Crippen LogP contribution < -0.4 is 11.1 Å². The Hall–Kier alpha value is -3.51. The normalized spacial score (nSPS) is 10.6. The fourth-order valence-electron chi connectivity index (χ4n) is 2.98. The summed E-state index contributed by atoms with van der Waals surface area (Å²) in [7, 11) is 0. The molecule has 2 amide bonds. The van der Waals surface area contributed by atoms with Crippen molar-refractivity contribution in [3.8, 4) is 11.4 Å². The molecular weight excluding hydrogens is 464 g/mol. The molecule has 0 spiro atoms. The molecule has 0 saturated heterocycles. The van der Waals surface area contributed by atoms with Gasteiger partial charge in [0.05, 0.1) is 22.8 Å². The molecule has 3 N–H and O–H groups in total. The molecule has 0 unspecified atom stereocenters. The number of thioether (sulfide) groups is 1. The van der Waals surface area contributed by atoms with E-state index in [9.17, 15) is 14.4 Å². The average Bonchev–Trinajstić information content (AvgIpc) is 3.34. The number of amides is 2. The third-order valence-corrected chi connectivity index (χ3v) is 6.59. The summed E-state index contributed by atoms with van der Waals surface area (Å²) in [5, 5.41) is 11.9. The van der Waals surface area contributed by atoms with Gasteiger partial charge in [-0.25, -0.2) is 4.79 Å². The van der Waals surface area contributed by atoms with Gasteiger partial charge in [-0.2, -0.15) is 0 Å².